The van der Waals surface area contributed by atoms with E-state index < -0.39 is 23.5 Å². The standard InChI is InChI=1S/C20H19F3N3O3S.C3H8.Na/c1-29-19-12-16(30(24,27)28)8-9-17(19)25-10-4-6-15-11-14-5-2-3-7-18(14)26(15)13-20(21,22)23;1-3-2;/h2-3,7-9,11-12,25,27-28H,10,13,24H2,1H3;3H2,1-2H3;/q-1;;+1. The van der Waals surface area contributed by atoms with Crippen LogP contribution in [0.4, 0.5) is 18.9 Å². The number of nitrogens with one attached hydrogen (secondary N) is 1. The maximum Gasteiger partial charge on any atom is 1.00 e. The SMILES string of the molecule is CCC.COc1cc(S(N)(O)O)ccc1NCC#Cc1cc2[c-]cccc2n1CC(F)(F)F.[Na+]. The predicted octanol–water partition coefficient (Wildman–Crippen LogP) is 2.88. The molecule has 0 fully saturated rings. The van der Waals surface area contributed by atoms with Gasteiger partial charge in [0.2, 0.25) is 0 Å². The van der Waals surface area contributed by atoms with Gasteiger partial charge in [0.25, 0.3) is 0 Å². The van der Waals surface area contributed by atoms with Crippen molar-refractivity contribution in [2.75, 3.05) is 19.0 Å². The number of alkyl halides is 3. The number of hydrogen-bond acceptors (Lipinski definition) is 5. The van der Waals surface area contributed by atoms with E-state index >= 15 is 0 Å². The summed E-state index contributed by atoms with van der Waals surface area (Å²) < 4.78 is 64.4. The van der Waals surface area contributed by atoms with Crippen LogP contribution in [0.15, 0.2) is 47.4 Å². The first-order valence-electron chi connectivity index (χ1n) is 10.0. The van der Waals surface area contributed by atoms with E-state index in [-0.39, 0.29) is 46.7 Å². The van der Waals surface area contributed by atoms with E-state index in [0.29, 0.717) is 22.3 Å². The number of anilines is 1. The van der Waals surface area contributed by atoms with Crippen molar-refractivity contribution in [2.45, 2.75) is 37.9 Å². The molecule has 0 saturated carbocycles. The van der Waals surface area contributed by atoms with Gasteiger partial charge in [-0.1, -0.05) is 32.1 Å². The van der Waals surface area contributed by atoms with Gasteiger partial charge in [-0.05, 0) is 17.6 Å². The van der Waals surface area contributed by atoms with Crippen molar-refractivity contribution in [3.8, 4) is 17.6 Å². The van der Waals surface area contributed by atoms with E-state index in [4.69, 9.17) is 9.88 Å². The number of halogens is 3. The topological polar surface area (TPSA) is 92.7 Å². The molecule has 0 aliphatic heterocycles. The van der Waals surface area contributed by atoms with Gasteiger partial charge in [-0.15, -0.1) is 46.5 Å². The molecule has 180 valence electrons. The van der Waals surface area contributed by atoms with E-state index in [9.17, 15) is 22.3 Å². The third-order valence-corrected chi connectivity index (χ3v) is 5.12. The molecule has 0 aliphatic carbocycles. The summed E-state index contributed by atoms with van der Waals surface area (Å²) in [4.78, 5) is 0.115. The molecule has 1 heterocycles. The van der Waals surface area contributed by atoms with E-state index in [2.05, 4.69) is 37.1 Å². The van der Waals surface area contributed by atoms with Gasteiger partial charge in [0.1, 0.15) is 12.3 Å². The summed E-state index contributed by atoms with van der Waals surface area (Å²) in [6.45, 7) is 3.22. The van der Waals surface area contributed by atoms with Gasteiger partial charge in [-0.25, -0.2) is 5.14 Å². The average molecular weight is 506 g/mol. The van der Waals surface area contributed by atoms with Crippen molar-refractivity contribution in [3.05, 3.63) is 54.2 Å². The molecule has 1 aromatic heterocycles. The van der Waals surface area contributed by atoms with Gasteiger partial charge < -0.3 is 14.6 Å². The largest absolute Gasteiger partial charge is 1.00 e. The monoisotopic (exact) mass is 505 g/mol. The Kier molecular flexibility index (Phi) is 11.8. The molecule has 3 aromatic rings. The summed E-state index contributed by atoms with van der Waals surface area (Å²) in [6, 6.07) is 13.7. The number of hydrogen-bond donors (Lipinski definition) is 4. The molecule has 0 atom stereocenters. The minimum atomic E-state index is -4.38. The van der Waals surface area contributed by atoms with E-state index in [0.717, 1.165) is 4.57 Å². The zero-order valence-electron chi connectivity index (χ0n) is 19.5. The molecular formula is C23H27F3N3NaO3S. The van der Waals surface area contributed by atoms with Crippen LogP contribution in [-0.4, -0.2) is 33.5 Å². The summed E-state index contributed by atoms with van der Waals surface area (Å²) >= 11 is 0. The zero-order valence-corrected chi connectivity index (χ0v) is 22.3. The van der Waals surface area contributed by atoms with Crippen LogP contribution < -0.4 is 44.7 Å². The summed E-state index contributed by atoms with van der Waals surface area (Å²) in [7, 11) is -1.97. The van der Waals surface area contributed by atoms with Crippen LogP contribution in [-0.2, 0) is 6.54 Å². The van der Waals surface area contributed by atoms with Crippen molar-refractivity contribution in [3.63, 3.8) is 0 Å². The zero-order chi connectivity index (χ0) is 24.6. The molecule has 0 unspecified atom stereocenters. The molecule has 0 spiro atoms. The summed E-state index contributed by atoms with van der Waals surface area (Å²) in [5, 5.41) is 8.85. The first-order chi connectivity index (χ1) is 15.5. The fourth-order valence-electron chi connectivity index (χ4n) is 2.87. The van der Waals surface area contributed by atoms with Gasteiger partial charge in [-0.3, -0.25) is 9.11 Å². The van der Waals surface area contributed by atoms with Crippen molar-refractivity contribution in [2.24, 2.45) is 5.14 Å². The van der Waals surface area contributed by atoms with Crippen LogP contribution in [0.3, 0.4) is 0 Å². The van der Waals surface area contributed by atoms with Crippen LogP contribution >= 0.6 is 10.8 Å². The van der Waals surface area contributed by atoms with Gasteiger partial charge >= 0.3 is 35.7 Å². The Labute approximate surface area is 221 Å². The van der Waals surface area contributed by atoms with Crippen LogP contribution in [0.5, 0.6) is 5.75 Å². The smallest absolute Gasteiger partial charge is 0.495 e. The van der Waals surface area contributed by atoms with Crippen LogP contribution in [0.2, 0.25) is 0 Å². The Morgan fingerprint density at radius 3 is 2.47 bits per heavy atom. The molecule has 0 aliphatic rings. The number of ether oxygens (including phenoxy) is 1. The number of fused-ring (bicyclic) bond motifs is 1. The Morgan fingerprint density at radius 1 is 1.21 bits per heavy atom. The summed E-state index contributed by atoms with van der Waals surface area (Å²) in [5.41, 5.74) is 1.15. The number of rotatable bonds is 5. The van der Waals surface area contributed by atoms with Gasteiger partial charge in [0, 0.05) is 11.8 Å². The molecule has 6 nitrogen and oxygen atoms in total. The van der Waals surface area contributed by atoms with Crippen molar-refractivity contribution < 1.29 is 56.6 Å². The second-order valence-corrected chi connectivity index (χ2v) is 8.67. The van der Waals surface area contributed by atoms with Crippen LogP contribution in [0, 0.1) is 17.9 Å². The third kappa shape index (κ3) is 8.74. The number of nitrogens with two attached hydrogens (primary N) is 1. The Balaban J connectivity index is 0.00000137. The molecule has 2 aromatic carbocycles. The first-order valence-corrected chi connectivity index (χ1v) is 11.6. The number of methoxy groups -OCH3 is 1. The Bertz CT molecular complexity index is 1140. The minimum Gasteiger partial charge on any atom is -0.495 e. The van der Waals surface area contributed by atoms with E-state index in [1.165, 1.54) is 25.7 Å². The molecule has 5 N–H and O–H groups in total. The maximum atomic E-state index is 13.0. The molecule has 0 amide bonds. The molecule has 0 saturated heterocycles. The molecule has 0 bridgehead atoms. The van der Waals surface area contributed by atoms with Crippen molar-refractivity contribution >= 4 is 27.4 Å². The quantitative estimate of drug-likeness (QED) is 0.243. The summed E-state index contributed by atoms with van der Waals surface area (Å²) in [5.74, 6) is 5.88. The predicted molar refractivity (Wildman–Crippen MR) is 126 cm³/mol. The van der Waals surface area contributed by atoms with Gasteiger partial charge in [0.05, 0.1) is 24.2 Å². The molecule has 11 heteroatoms. The number of aromatic nitrogens is 1. The van der Waals surface area contributed by atoms with Gasteiger partial charge in [-0.2, -0.15) is 13.2 Å². The summed E-state index contributed by atoms with van der Waals surface area (Å²) in [6.07, 6.45) is -3.13. The second-order valence-electron chi connectivity index (χ2n) is 7.02. The van der Waals surface area contributed by atoms with Gasteiger partial charge in [0.15, 0.2) is 0 Å². The maximum absolute atomic E-state index is 13.0. The second kappa shape index (κ2) is 13.3. The number of benzene rings is 2. The Morgan fingerprint density at radius 2 is 1.88 bits per heavy atom. The molecule has 3 rings (SSSR count). The third-order valence-electron chi connectivity index (χ3n) is 4.17. The first kappa shape index (κ1) is 30.2. The molecule has 34 heavy (non-hydrogen) atoms. The van der Waals surface area contributed by atoms with E-state index in [1.807, 2.05) is 0 Å². The van der Waals surface area contributed by atoms with Crippen LogP contribution in [0.25, 0.3) is 10.9 Å². The molecule has 0 radical (unpaired) electrons. The van der Waals surface area contributed by atoms with Crippen LogP contribution in [0.1, 0.15) is 26.0 Å². The van der Waals surface area contributed by atoms with Crippen molar-refractivity contribution in [1.82, 2.24) is 4.57 Å². The number of nitrogens with zero attached hydrogens (tertiary/aromatic N) is 1. The fraction of sp³-hybridized carbons (Fsp3) is 0.304. The normalized spacial score (nSPS) is 11.4. The van der Waals surface area contributed by atoms with Crippen molar-refractivity contribution in [1.29, 1.82) is 0 Å². The molecular weight excluding hydrogens is 478 g/mol. The fourth-order valence-corrected chi connectivity index (χ4v) is 3.42. The van der Waals surface area contributed by atoms with E-state index in [1.54, 1.807) is 30.3 Å². The Hall–Kier alpha value is -1.84. The average Bonchev–Trinajstić information content (AvgIpc) is 3.07. The minimum absolute atomic E-state index is 0.